The second-order valence-corrected chi connectivity index (χ2v) is 13.1. The van der Waals surface area contributed by atoms with Crippen LogP contribution in [0, 0.1) is 0 Å². The maximum absolute atomic E-state index is 12.4. The number of carbonyl (C=O) groups is 1. The fraction of sp³-hybridized carbons (Fsp3) is 0.595. The molecule has 3 nitrogen and oxygen atoms in total. The Morgan fingerprint density at radius 2 is 1.40 bits per heavy atom. The number of hydrogen-bond acceptors (Lipinski definition) is 2. The highest BCUT2D eigenvalue weighted by atomic mass is 16.4. The number of aryl methyl sites for hydroxylation is 2. The van der Waals surface area contributed by atoms with Gasteiger partial charge in [0.2, 0.25) is 0 Å². The van der Waals surface area contributed by atoms with E-state index >= 15 is 0 Å². The third kappa shape index (κ3) is 7.80. The number of benzene rings is 2. The van der Waals surface area contributed by atoms with Crippen molar-refractivity contribution in [2.45, 2.75) is 143 Å². The summed E-state index contributed by atoms with van der Waals surface area (Å²) in [5.41, 5.74) is 7.01. The summed E-state index contributed by atoms with van der Waals surface area (Å²) in [6.45, 7) is 23.9. The molecule has 2 N–H and O–H groups in total. The van der Waals surface area contributed by atoms with Gasteiger partial charge in [-0.05, 0) is 77.2 Å². The quantitative estimate of drug-likeness (QED) is 0.162. The van der Waals surface area contributed by atoms with Crippen molar-refractivity contribution in [3.8, 4) is 5.75 Å². The van der Waals surface area contributed by atoms with Gasteiger partial charge in [-0.2, -0.15) is 0 Å². The van der Waals surface area contributed by atoms with Crippen LogP contribution >= 0.6 is 0 Å². The first-order valence-corrected chi connectivity index (χ1v) is 15.7. The van der Waals surface area contributed by atoms with Crippen LogP contribution in [0.4, 0.5) is 0 Å². The van der Waals surface area contributed by atoms with E-state index in [2.05, 4.69) is 93.2 Å². The van der Waals surface area contributed by atoms with Gasteiger partial charge in [0.25, 0.3) is 0 Å². The van der Waals surface area contributed by atoms with Crippen LogP contribution in [0.15, 0.2) is 30.8 Å². The molecule has 40 heavy (non-hydrogen) atoms. The summed E-state index contributed by atoms with van der Waals surface area (Å²) in [6, 6.07) is 8.81. The van der Waals surface area contributed by atoms with Gasteiger partial charge in [0, 0.05) is 17.0 Å². The van der Waals surface area contributed by atoms with E-state index in [1.54, 1.807) is 0 Å². The van der Waals surface area contributed by atoms with Crippen LogP contribution < -0.4 is 0 Å². The Labute approximate surface area is 245 Å². The van der Waals surface area contributed by atoms with Crippen LogP contribution in [0.3, 0.4) is 0 Å². The molecule has 0 aromatic heterocycles. The molecule has 2 aromatic carbocycles. The van der Waals surface area contributed by atoms with Crippen molar-refractivity contribution in [3.05, 3.63) is 69.8 Å². The summed E-state index contributed by atoms with van der Waals surface area (Å²) in [6.07, 6.45) is 10.4. The summed E-state index contributed by atoms with van der Waals surface area (Å²) < 4.78 is 0. The molecule has 222 valence electrons. The number of aromatic hydroxyl groups is 1. The van der Waals surface area contributed by atoms with E-state index in [1.165, 1.54) is 17.5 Å². The zero-order valence-electron chi connectivity index (χ0n) is 27.0. The van der Waals surface area contributed by atoms with Gasteiger partial charge in [-0.1, -0.05) is 119 Å². The minimum Gasteiger partial charge on any atom is -0.507 e. The van der Waals surface area contributed by atoms with Crippen molar-refractivity contribution in [1.82, 2.24) is 0 Å². The molecule has 2 aromatic rings. The Hall–Kier alpha value is -2.55. The van der Waals surface area contributed by atoms with E-state index in [0.717, 1.165) is 85.6 Å². The summed E-state index contributed by atoms with van der Waals surface area (Å²) >= 11 is 0. The first-order chi connectivity index (χ1) is 18.7. The maximum Gasteiger partial charge on any atom is 0.335 e. The lowest BCUT2D eigenvalue weighted by atomic mass is 9.73. The lowest BCUT2D eigenvalue weighted by molar-refractivity contribution is -0.130. The highest BCUT2D eigenvalue weighted by Crippen LogP contribution is 2.45. The fourth-order valence-electron chi connectivity index (χ4n) is 5.55. The molecule has 0 amide bonds. The number of carboxylic acids is 1. The number of carboxylic acid groups (broad SMARTS) is 1. The zero-order chi connectivity index (χ0) is 30.3. The average Bonchev–Trinajstić information content (AvgIpc) is 2.92. The van der Waals surface area contributed by atoms with E-state index < -0.39 is 5.97 Å². The van der Waals surface area contributed by atoms with Gasteiger partial charge in [0.05, 0.1) is 5.57 Å². The second kappa shape index (κ2) is 14.4. The Bertz CT molecular complexity index is 1170. The number of phenolic OH excluding ortho intramolecular Hbond substituents is 1. The molecule has 0 radical (unpaired) electrons. The highest BCUT2D eigenvalue weighted by molar-refractivity contribution is 6.15. The SMILES string of the molecule is C=C(C(=O)O)c1c(CCCCC)cc(CCCCC)cc1C(C)c1cc(C(C)(C)CC)cc(C(C)(C)CC)c1O. The molecule has 0 saturated heterocycles. The van der Waals surface area contributed by atoms with E-state index in [-0.39, 0.29) is 22.3 Å². The molecule has 0 saturated carbocycles. The minimum absolute atomic E-state index is 0.0540. The number of phenols is 1. The molecule has 3 heteroatoms. The zero-order valence-corrected chi connectivity index (χ0v) is 27.0. The maximum atomic E-state index is 12.4. The van der Waals surface area contributed by atoms with Crippen molar-refractivity contribution < 1.29 is 15.0 Å². The Morgan fingerprint density at radius 1 is 0.825 bits per heavy atom. The van der Waals surface area contributed by atoms with Crippen LogP contribution in [0.1, 0.15) is 159 Å². The molecule has 2 rings (SSSR count). The first kappa shape index (κ1) is 33.7. The Morgan fingerprint density at radius 3 is 1.93 bits per heavy atom. The smallest absolute Gasteiger partial charge is 0.335 e. The van der Waals surface area contributed by atoms with Gasteiger partial charge in [-0.15, -0.1) is 0 Å². The standard InChI is InChI=1S/C37H56O3/c1-11-15-17-19-27-21-28(20-18-16-12-2)33(26(6)35(39)40)30(22-27)25(5)31-23-29(36(7,8)13-3)24-32(34(31)38)37(9,10)14-4/h21-25,38H,6,11-20H2,1-5,7-10H3,(H,39,40). The molecule has 0 aliphatic heterocycles. The topological polar surface area (TPSA) is 57.5 Å². The number of rotatable bonds is 16. The van der Waals surface area contributed by atoms with E-state index in [1.807, 2.05) is 0 Å². The predicted octanol–water partition coefficient (Wildman–Crippen LogP) is 10.5. The van der Waals surface area contributed by atoms with Crippen LogP contribution in [0.2, 0.25) is 0 Å². The molecule has 1 atom stereocenters. The molecule has 0 aliphatic rings. The van der Waals surface area contributed by atoms with Gasteiger partial charge >= 0.3 is 5.97 Å². The second-order valence-electron chi connectivity index (χ2n) is 13.1. The lowest BCUT2D eigenvalue weighted by Crippen LogP contribution is -2.22. The Kier molecular flexibility index (Phi) is 12.1. The third-order valence-electron chi connectivity index (χ3n) is 9.34. The van der Waals surface area contributed by atoms with E-state index in [0.29, 0.717) is 5.75 Å². The molecule has 0 aliphatic carbocycles. The summed E-state index contributed by atoms with van der Waals surface area (Å²) in [5, 5.41) is 22.0. The van der Waals surface area contributed by atoms with Crippen LogP contribution in [-0.2, 0) is 28.5 Å². The van der Waals surface area contributed by atoms with Crippen LogP contribution in [0.5, 0.6) is 5.75 Å². The Balaban J connectivity index is 2.91. The normalized spacial score (nSPS) is 12.9. The molecule has 0 heterocycles. The summed E-state index contributed by atoms with van der Waals surface area (Å²) in [7, 11) is 0. The van der Waals surface area contributed by atoms with Crippen molar-refractivity contribution in [2.24, 2.45) is 0 Å². The number of aliphatic carboxylic acids is 1. The largest absolute Gasteiger partial charge is 0.507 e. The lowest BCUT2D eigenvalue weighted by Gasteiger charge is -2.32. The van der Waals surface area contributed by atoms with Gasteiger partial charge in [-0.25, -0.2) is 4.79 Å². The monoisotopic (exact) mass is 548 g/mol. The molecule has 0 spiro atoms. The highest BCUT2D eigenvalue weighted by Gasteiger charge is 2.31. The predicted molar refractivity (Wildman–Crippen MR) is 172 cm³/mol. The van der Waals surface area contributed by atoms with E-state index in [4.69, 9.17) is 0 Å². The number of hydrogen-bond donors (Lipinski definition) is 2. The van der Waals surface area contributed by atoms with Crippen LogP contribution in [-0.4, -0.2) is 16.2 Å². The van der Waals surface area contributed by atoms with E-state index in [9.17, 15) is 15.0 Å². The fourth-order valence-corrected chi connectivity index (χ4v) is 5.55. The van der Waals surface area contributed by atoms with Crippen molar-refractivity contribution >= 4 is 11.5 Å². The summed E-state index contributed by atoms with van der Waals surface area (Å²) in [5.74, 6) is -0.839. The molecule has 0 fully saturated rings. The number of unbranched alkanes of at least 4 members (excludes halogenated alkanes) is 4. The molecular formula is C37H56O3. The van der Waals surface area contributed by atoms with Crippen molar-refractivity contribution in [1.29, 1.82) is 0 Å². The van der Waals surface area contributed by atoms with Gasteiger partial charge in [0.15, 0.2) is 0 Å². The molecule has 0 bridgehead atoms. The van der Waals surface area contributed by atoms with Gasteiger partial charge in [0.1, 0.15) is 5.75 Å². The van der Waals surface area contributed by atoms with Crippen molar-refractivity contribution in [2.75, 3.05) is 0 Å². The van der Waals surface area contributed by atoms with Crippen molar-refractivity contribution in [3.63, 3.8) is 0 Å². The minimum atomic E-state index is -0.984. The summed E-state index contributed by atoms with van der Waals surface area (Å²) in [4.78, 5) is 12.4. The van der Waals surface area contributed by atoms with Gasteiger partial charge in [-0.3, -0.25) is 0 Å². The molecular weight excluding hydrogens is 492 g/mol. The van der Waals surface area contributed by atoms with Crippen LogP contribution in [0.25, 0.3) is 5.57 Å². The third-order valence-corrected chi connectivity index (χ3v) is 9.34. The van der Waals surface area contributed by atoms with Gasteiger partial charge < -0.3 is 10.2 Å². The molecule has 1 unspecified atom stereocenters. The first-order valence-electron chi connectivity index (χ1n) is 15.7. The average molecular weight is 549 g/mol.